The van der Waals surface area contributed by atoms with E-state index >= 15 is 0 Å². The van der Waals surface area contributed by atoms with E-state index in [1.807, 2.05) is 0 Å². The first kappa shape index (κ1) is 16.6. The molecule has 0 saturated carbocycles. The summed E-state index contributed by atoms with van der Waals surface area (Å²) in [5, 5.41) is 7.40. The van der Waals surface area contributed by atoms with Crippen LogP contribution >= 0.6 is 11.8 Å². The number of aromatic nitrogens is 3. The average molecular weight is 372 g/mol. The van der Waals surface area contributed by atoms with E-state index in [0.717, 1.165) is 0 Å². The van der Waals surface area contributed by atoms with E-state index in [1.54, 1.807) is 42.1 Å². The number of rotatable bonds is 5. The molecule has 0 spiro atoms. The second-order valence-electron chi connectivity index (χ2n) is 6.00. The van der Waals surface area contributed by atoms with Crippen LogP contribution < -0.4 is 10.9 Å². The Bertz CT molecular complexity index is 993. The summed E-state index contributed by atoms with van der Waals surface area (Å²) in [6.45, 7) is 1.97. The molecule has 1 atom stereocenters. The Kier molecular flexibility index (Phi) is 4.37. The number of nitrogens with one attached hydrogen (secondary N) is 1. The molecule has 4 heterocycles. The molecule has 1 amide bonds. The Balaban J connectivity index is 1.38. The highest BCUT2D eigenvalue weighted by molar-refractivity contribution is 7.99. The molecule has 3 aromatic rings. The van der Waals surface area contributed by atoms with Crippen LogP contribution in [0.25, 0.3) is 11.5 Å². The first-order valence-corrected chi connectivity index (χ1v) is 9.07. The molecule has 0 radical (unpaired) electrons. The van der Waals surface area contributed by atoms with E-state index in [-0.39, 0.29) is 30.5 Å². The van der Waals surface area contributed by atoms with Crippen molar-refractivity contribution in [1.82, 2.24) is 20.0 Å². The first-order chi connectivity index (χ1) is 12.6. The molecule has 8 nitrogen and oxygen atoms in total. The van der Waals surface area contributed by atoms with Crippen molar-refractivity contribution >= 4 is 17.7 Å². The van der Waals surface area contributed by atoms with Crippen LogP contribution in [0.2, 0.25) is 0 Å². The lowest BCUT2D eigenvalue weighted by molar-refractivity contribution is -0.121. The number of amides is 1. The van der Waals surface area contributed by atoms with Crippen LogP contribution in [0.1, 0.15) is 23.7 Å². The summed E-state index contributed by atoms with van der Waals surface area (Å²) in [5.41, 5.74) is 1.09. The van der Waals surface area contributed by atoms with Gasteiger partial charge in [-0.15, -0.1) is 0 Å². The zero-order valence-corrected chi connectivity index (χ0v) is 14.8. The highest BCUT2D eigenvalue weighted by Crippen LogP contribution is 2.31. The van der Waals surface area contributed by atoms with Crippen molar-refractivity contribution in [3.05, 3.63) is 52.3 Å². The number of hydrogen-bond donors (Lipinski definition) is 1. The summed E-state index contributed by atoms with van der Waals surface area (Å²) in [4.78, 5) is 28.8. The standard InChI is InChI=1S/C17H16N4O4S/c1-10-7-19-17-21(16(10)23)12(9-26-17)6-15(22)18-8-11-5-14(25-20-11)13-3-2-4-24-13/h2-5,7,12H,6,8-9H2,1H3,(H,18,22). The van der Waals surface area contributed by atoms with Gasteiger partial charge in [0, 0.05) is 30.0 Å². The Morgan fingerprint density at radius 2 is 2.35 bits per heavy atom. The summed E-state index contributed by atoms with van der Waals surface area (Å²) < 4.78 is 12.1. The fourth-order valence-corrected chi connectivity index (χ4v) is 3.88. The van der Waals surface area contributed by atoms with Gasteiger partial charge in [0.05, 0.1) is 18.8 Å². The van der Waals surface area contributed by atoms with E-state index in [2.05, 4.69) is 15.5 Å². The van der Waals surface area contributed by atoms with Crippen LogP contribution in [-0.2, 0) is 11.3 Å². The number of fused-ring (bicyclic) bond motifs is 1. The van der Waals surface area contributed by atoms with Crippen LogP contribution in [0.4, 0.5) is 0 Å². The summed E-state index contributed by atoms with van der Waals surface area (Å²) in [7, 11) is 0. The van der Waals surface area contributed by atoms with Gasteiger partial charge in [0.1, 0.15) is 5.69 Å². The SMILES string of the molecule is Cc1cnc2n(c1=O)C(CC(=O)NCc1cc(-c3ccco3)on1)CS2. The minimum absolute atomic E-state index is 0.0857. The summed E-state index contributed by atoms with van der Waals surface area (Å²) >= 11 is 1.49. The Hall–Kier alpha value is -2.81. The summed E-state index contributed by atoms with van der Waals surface area (Å²) in [5.74, 6) is 1.59. The van der Waals surface area contributed by atoms with Crippen molar-refractivity contribution < 1.29 is 13.7 Å². The number of furan rings is 1. The van der Waals surface area contributed by atoms with Crippen molar-refractivity contribution in [2.45, 2.75) is 31.1 Å². The minimum Gasteiger partial charge on any atom is -0.461 e. The van der Waals surface area contributed by atoms with Gasteiger partial charge < -0.3 is 14.3 Å². The fraction of sp³-hybridized carbons (Fsp3) is 0.294. The number of thioether (sulfide) groups is 1. The molecule has 3 aromatic heterocycles. The van der Waals surface area contributed by atoms with Gasteiger partial charge in [0.25, 0.3) is 5.56 Å². The van der Waals surface area contributed by atoms with Crippen LogP contribution in [0.15, 0.2) is 49.6 Å². The van der Waals surface area contributed by atoms with E-state index in [9.17, 15) is 9.59 Å². The summed E-state index contributed by atoms with van der Waals surface area (Å²) in [6.07, 6.45) is 3.34. The predicted molar refractivity (Wildman–Crippen MR) is 93.7 cm³/mol. The van der Waals surface area contributed by atoms with Gasteiger partial charge in [-0.1, -0.05) is 16.9 Å². The molecule has 0 aliphatic carbocycles. The van der Waals surface area contributed by atoms with E-state index in [1.165, 1.54) is 11.8 Å². The van der Waals surface area contributed by atoms with Crippen molar-refractivity contribution in [3.63, 3.8) is 0 Å². The zero-order valence-electron chi connectivity index (χ0n) is 14.0. The van der Waals surface area contributed by atoms with Crippen molar-refractivity contribution in [2.75, 3.05) is 5.75 Å². The van der Waals surface area contributed by atoms with Gasteiger partial charge in [-0.25, -0.2) is 4.98 Å². The number of carbonyl (C=O) groups excluding carboxylic acids is 1. The van der Waals surface area contributed by atoms with Gasteiger partial charge in [-0.3, -0.25) is 14.2 Å². The van der Waals surface area contributed by atoms with Gasteiger partial charge in [-0.05, 0) is 19.1 Å². The Morgan fingerprint density at radius 1 is 1.46 bits per heavy atom. The molecule has 9 heteroatoms. The van der Waals surface area contributed by atoms with Gasteiger partial charge >= 0.3 is 0 Å². The quantitative estimate of drug-likeness (QED) is 0.685. The maximum absolute atomic E-state index is 12.3. The molecular formula is C17H16N4O4S. The number of nitrogens with zero attached hydrogens (tertiary/aromatic N) is 3. The monoisotopic (exact) mass is 372 g/mol. The first-order valence-electron chi connectivity index (χ1n) is 8.09. The van der Waals surface area contributed by atoms with E-state index in [4.69, 9.17) is 8.94 Å². The Labute approximate surface area is 152 Å². The molecule has 1 aliphatic rings. The van der Waals surface area contributed by atoms with Crippen LogP contribution in [0.5, 0.6) is 0 Å². The van der Waals surface area contributed by atoms with Crippen LogP contribution in [-0.4, -0.2) is 26.4 Å². The van der Waals surface area contributed by atoms with Crippen molar-refractivity contribution in [3.8, 4) is 11.5 Å². The molecule has 1 N–H and O–H groups in total. The Morgan fingerprint density at radius 3 is 3.15 bits per heavy atom. The molecule has 1 unspecified atom stereocenters. The van der Waals surface area contributed by atoms with E-state index < -0.39 is 0 Å². The van der Waals surface area contributed by atoms with Gasteiger partial charge in [0.15, 0.2) is 10.9 Å². The maximum atomic E-state index is 12.3. The topological polar surface area (TPSA) is 103 Å². The molecule has 0 fully saturated rings. The normalized spacial score (nSPS) is 15.8. The maximum Gasteiger partial charge on any atom is 0.257 e. The molecule has 0 aromatic carbocycles. The summed E-state index contributed by atoms with van der Waals surface area (Å²) in [6, 6.07) is 5.06. The largest absolute Gasteiger partial charge is 0.461 e. The third-order valence-electron chi connectivity index (χ3n) is 4.11. The van der Waals surface area contributed by atoms with Gasteiger partial charge in [0.2, 0.25) is 11.7 Å². The number of carbonyl (C=O) groups is 1. The van der Waals surface area contributed by atoms with Gasteiger partial charge in [-0.2, -0.15) is 0 Å². The molecule has 0 bridgehead atoms. The lowest BCUT2D eigenvalue weighted by Gasteiger charge is -2.13. The van der Waals surface area contributed by atoms with Crippen LogP contribution in [0.3, 0.4) is 0 Å². The van der Waals surface area contributed by atoms with Crippen molar-refractivity contribution in [2.24, 2.45) is 0 Å². The molecule has 4 rings (SSSR count). The highest BCUT2D eigenvalue weighted by Gasteiger charge is 2.27. The lowest BCUT2D eigenvalue weighted by Crippen LogP contribution is -2.31. The third kappa shape index (κ3) is 3.17. The molecule has 26 heavy (non-hydrogen) atoms. The number of aryl methyl sites for hydroxylation is 1. The molecule has 134 valence electrons. The molecule has 1 aliphatic heterocycles. The smallest absolute Gasteiger partial charge is 0.257 e. The highest BCUT2D eigenvalue weighted by atomic mass is 32.2. The number of hydrogen-bond acceptors (Lipinski definition) is 7. The zero-order chi connectivity index (χ0) is 18.1. The lowest BCUT2D eigenvalue weighted by atomic mass is 10.2. The third-order valence-corrected chi connectivity index (χ3v) is 5.22. The fourth-order valence-electron chi connectivity index (χ4n) is 2.78. The van der Waals surface area contributed by atoms with Crippen LogP contribution in [0, 0.1) is 6.92 Å². The second kappa shape index (κ2) is 6.83. The second-order valence-corrected chi connectivity index (χ2v) is 6.99. The molecular weight excluding hydrogens is 356 g/mol. The molecule has 0 saturated heterocycles. The van der Waals surface area contributed by atoms with E-state index in [0.29, 0.717) is 33.7 Å². The minimum atomic E-state index is -0.189. The predicted octanol–water partition coefficient (Wildman–Crippen LogP) is 2.15. The average Bonchev–Trinajstić information content (AvgIpc) is 3.36. The van der Waals surface area contributed by atoms with Crippen molar-refractivity contribution in [1.29, 1.82) is 0 Å².